The molecule has 0 aromatic carbocycles. The van der Waals surface area contributed by atoms with Crippen molar-refractivity contribution in [2.45, 2.75) is 31.8 Å². The molecule has 132 valence electrons. The first-order chi connectivity index (χ1) is 12.2. The molecule has 2 aromatic heterocycles. The van der Waals surface area contributed by atoms with Gasteiger partial charge in [-0.1, -0.05) is 0 Å². The zero-order valence-electron chi connectivity index (χ0n) is 14.5. The van der Waals surface area contributed by atoms with Gasteiger partial charge in [0.05, 0.1) is 6.10 Å². The Morgan fingerprint density at radius 3 is 2.72 bits per heavy atom. The summed E-state index contributed by atoms with van der Waals surface area (Å²) in [6, 6.07) is 0. The summed E-state index contributed by atoms with van der Waals surface area (Å²) in [5, 5.41) is 0. The fraction of sp³-hybridized carbons (Fsp3) is 0.556. The predicted octanol–water partition coefficient (Wildman–Crippen LogP) is 1.46. The van der Waals surface area contributed by atoms with Gasteiger partial charge < -0.3 is 14.2 Å². The van der Waals surface area contributed by atoms with E-state index in [2.05, 4.69) is 15.0 Å². The third kappa shape index (κ3) is 3.04. The highest BCUT2D eigenvalue weighted by molar-refractivity contribution is 5.90. The molecule has 1 unspecified atom stereocenters. The monoisotopic (exact) mass is 341 g/mol. The van der Waals surface area contributed by atoms with Gasteiger partial charge in [0.2, 0.25) is 0 Å². The summed E-state index contributed by atoms with van der Waals surface area (Å²) in [6.45, 7) is 2.32. The molecule has 25 heavy (non-hydrogen) atoms. The molecule has 0 radical (unpaired) electrons. The van der Waals surface area contributed by atoms with Crippen molar-refractivity contribution in [2.24, 2.45) is 12.5 Å². The van der Waals surface area contributed by atoms with Crippen molar-refractivity contribution in [2.75, 3.05) is 19.7 Å². The van der Waals surface area contributed by atoms with Crippen molar-refractivity contribution >= 4 is 5.91 Å². The van der Waals surface area contributed by atoms with Crippen molar-refractivity contribution in [1.29, 1.82) is 0 Å². The molecule has 2 aromatic rings. The lowest BCUT2D eigenvalue weighted by Crippen LogP contribution is -2.47. The van der Waals surface area contributed by atoms with E-state index in [1.807, 2.05) is 24.3 Å². The molecule has 4 rings (SSSR count). The maximum atomic E-state index is 12.7. The minimum absolute atomic E-state index is 0.0225. The SMILES string of the molecule is Cn1ccnc1C(=O)N1CCC2(CCOC2Cc2cncnc2)CC1. The molecule has 0 N–H and O–H groups in total. The molecule has 2 aliphatic heterocycles. The fourth-order valence-corrected chi connectivity index (χ4v) is 4.11. The quantitative estimate of drug-likeness (QED) is 0.845. The van der Waals surface area contributed by atoms with Gasteiger partial charge in [0.15, 0.2) is 5.82 Å². The van der Waals surface area contributed by atoms with Crippen LogP contribution >= 0.6 is 0 Å². The number of aromatic nitrogens is 4. The Morgan fingerprint density at radius 1 is 1.28 bits per heavy atom. The Hall–Kier alpha value is -2.28. The van der Waals surface area contributed by atoms with Crippen LogP contribution in [-0.2, 0) is 18.2 Å². The Morgan fingerprint density at radius 2 is 2.04 bits per heavy atom. The Balaban J connectivity index is 1.43. The lowest BCUT2D eigenvalue weighted by atomic mass is 9.71. The molecule has 2 saturated heterocycles. The predicted molar refractivity (Wildman–Crippen MR) is 90.9 cm³/mol. The summed E-state index contributed by atoms with van der Waals surface area (Å²) >= 11 is 0. The Kier molecular flexibility index (Phi) is 4.25. The second-order valence-electron chi connectivity index (χ2n) is 7.08. The highest BCUT2D eigenvalue weighted by atomic mass is 16.5. The van der Waals surface area contributed by atoms with E-state index in [0.29, 0.717) is 5.82 Å². The number of nitrogens with zero attached hydrogens (tertiary/aromatic N) is 5. The van der Waals surface area contributed by atoms with E-state index in [1.54, 1.807) is 23.3 Å². The van der Waals surface area contributed by atoms with Gasteiger partial charge in [-0.15, -0.1) is 0 Å². The molecule has 2 fully saturated rings. The van der Waals surface area contributed by atoms with Gasteiger partial charge in [0.1, 0.15) is 6.33 Å². The average molecular weight is 341 g/mol. The topological polar surface area (TPSA) is 73.1 Å². The largest absolute Gasteiger partial charge is 0.377 e. The molecule has 0 bridgehead atoms. The van der Waals surface area contributed by atoms with E-state index in [1.165, 1.54) is 0 Å². The first kappa shape index (κ1) is 16.2. The zero-order chi connectivity index (χ0) is 17.3. The Labute approximate surface area is 147 Å². The molecule has 7 nitrogen and oxygen atoms in total. The summed E-state index contributed by atoms with van der Waals surface area (Å²) in [5.74, 6) is 0.533. The van der Waals surface area contributed by atoms with E-state index >= 15 is 0 Å². The second-order valence-corrected chi connectivity index (χ2v) is 7.08. The molecule has 0 aliphatic carbocycles. The lowest BCUT2D eigenvalue weighted by molar-refractivity contribution is 0.00935. The number of hydrogen-bond acceptors (Lipinski definition) is 5. The van der Waals surface area contributed by atoms with Gasteiger partial charge in [-0.2, -0.15) is 0 Å². The first-order valence-electron chi connectivity index (χ1n) is 8.80. The fourth-order valence-electron chi connectivity index (χ4n) is 4.11. The van der Waals surface area contributed by atoms with E-state index < -0.39 is 0 Å². The van der Waals surface area contributed by atoms with Crippen molar-refractivity contribution < 1.29 is 9.53 Å². The number of ether oxygens (including phenoxy) is 1. The van der Waals surface area contributed by atoms with Crippen molar-refractivity contribution in [3.8, 4) is 0 Å². The van der Waals surface area contributed by atoms with Crippen LogP contribution in [0, 0.1) is 5.41 Å². The zero-order valence-corrected chi connectivity index (χ0v) is 14.5. The number of carbonyl (C=O) groups excluding carboxylic acids is 1. The normalized spacial score (nSPS) is 22.4. The van der Waals surface area contributed by atoms with Crippen LogP contribution in [0.3, 0.4) is 0 Å². The van der Waals surface area contributed by atoms with Gasteiger partial charge in [0, 0.05) is 63.4 Å². The van der Waals surface area contributed by atoms with Gasteiger partial charge in [-0.3, -0.25) is 4.79 Å². The van der Waals surface area contributed by atoms with E-state index in [4.69, 9.17) is 4.74 Å². The van der Waals surface area contributed by atoms with Gasteiger partial charge in [-0.05, 0) is 24.8 Å². The van der Waals surface area contributed by atoms with Crippen LogP contribution < -0.4 is 0 Å². The molecule has 4 heterocycles. The summed E-state index contributed by atoms with van der Waals surface area (Å²) in [4.78, 5) is 27.0. The number of amides is 1. The third-order valence-corrected chi connectivity index (χ3v) is 5.70. The number of hydrogen-bond donors (Lipinski definition) is 0. The van der Waals surface area contributed by atoms with Crippen molar-refractivity contribution in [3.05, 3.63) is 42.5 Å². The minimum atomic E-state index is 0.0225. The number of piperidine rings is 1. The molecular formula is C18H23N5O2. The molecule has 7 heteroatoms. The average Bonchev–Trinajstić information content (AvgIpc) is 3.23. The highest BCUT2D eigenvalue weighted by Crippen LogP contribution is 2.45. The second kappa shape index (κ2) is 6.55. The molecule has 2 aliphatic rings. The lowest BCUT2D eigenvalue weighted by Gasteiger charge is -2.42. The van der Waals surface area contributed by atoms with E-state index in [-0.39, 0.29) is 17.4 Å². The first-order valence-corrected chi connectivity index (χ1v) is 8.80. The van der Waals surface area contributed by atoms with Crippen LogP contribution in [-0.4, -0.2) is 56.1 Å². The number of rotatable bonds is 3. The third-order valence-electron chi connectivity index (χ3n) is 5.70. The highest BCUT2D eigenvalue weighted by Gasteiger charge is 2.46. The number of imidazole rings is 1. The summed E-state index contributed by atoms with van der Waals surface area (Å²) in [6.07, 6.45) is 12.8. The smallest absolute Gasteiger partial charge is 0.289 e. The van der Waals surface area contributed by atoms with Gasteiger partial charge in [-0.25, -0.2) is 15.0 Å². The number of likely N-dealkylation sites (tertiary alicyclic amines) is 1. The minimum Gasteiger partial charge on any atom is -0.377 e. The Bertz CT molecular complexity index is 737. The summed E-state index contributed by atoms with van der Waals surface area (Å²) in [7, 11) is 1.86. The summed E-state index contributed by atoms with van der Waals surface area (Å²) in [5.41, 5.74) is 1.27. The molecule has 1 amide bonds. The molecule has 1 atom stereocenters. The summed E-state index contributed by atoms with van der Waals surface area (Å²) < 4.78 is 7.84. The number of aryl methyl sites for hydroxylation is 1. The van der Waals surface area contributed by atoms with Crippen LogP contribution in [0.2, 0.25) is 0 Å². The van der Waals surface area contributed by atoms with E-state index in [0.717, 1.165) is 50.9 Å². The van der Waals surface area contributed by atoms with Crippen LogP contribution in [0.15, 0.2) is 31.1 Å². The van der Waals surface area contributed by atoms with Crippen LogP contribution in [0.1, 0.15) is 35.4 Å². The maximum absolute atomic E-state index is 12.7. The van der Waals surface area contributed by atoms with Crippen LogP contribution in [0.5, 0.6) is 0 Å². The van der Waals surface area contributed by atoms with Gasteiger partial charge >= 0.3 is 0 Å². The standard InChI is InChI=1S/C18H23N5O2/c1-22-8-5-21-16(22)17(24)23-6-2-18(3-7-23)4-9-25-15(18)10-14-11-19-13-20-12-14/h5,8,11-13,15H,2-4,6-7,9-10H2,1H3. The maximum Gasteiger partial charge on any atom is 0.289 e. The van der Waals surface area contributed by atoms with Crippen LogP contribution in [0.4, 0.5) is 0 Å². The van der Waals surface area contributed by atoms with E-state index in [9.17, 15) is 4.79 Å². The molecule has 1 spiro atoms. The van der Waals surface area contributed by atoms with Crippen molar-refractivity contribution in [1.82, 2.24) is 24.4 Å². The molecular weight excluding hydrogens is 318 g/mol. The van der Waals surface area contributed by atoms with Crippen LogP contribution in [0.25, 0.3) is 0 Å². The molecule has 0 saturated carbocycles. The van der Waals surface area contributed by atoms with Crippen molar-refractivity contribution in [3.63, 3.8) is 0 Å². The van der Waals surface area contributed by atoms with Gasteiger partial charge in [0.25, 0.3) is 5.91 Å². The number of carbonyl (C=O) groups is 1.